The van der Waals surface area contributed by atoms with Crippen LogP contribution in [0.4, 0.5) is 0 Å². The zero-order valence-electron chi connectivity index (χ0n) is 13.7. The van der Waals surface area contributed by atoms with Gasteiger partial charge in [0.25, 0.3) is 0 Å². The number of nitrogens with zero attached hydrogens (tertiary/aromatic N) is 1. The van der Waals surface area contributed by atoms with Crippen LogP contribution < -0.4 is 10.6 Å². The Bertz CT molecular complexity index is 428. The minimum absolute atomic E-state index is 0. The fraction of sp³-hybridized carbons (Fsp3) is 0.562. The van der Waals surface area contributed by atoms with Crippen molar-refractivity contribution in [1.29, 1.82) is 0 Å². The van der Waals surface area contributed by atoms with Crippen molar-refractivity contribution in [2.75, 3.05) is 40.0 Å². The molecule has 0 aliphatic carbocycles. The lowest BCUT2D eigenvalue weighted by Gasteiger charge is -2.12. The zero-order valence-corrected chi connectivity index (χ0v) is 16.1. The minimum Gasteiger partial charge on any atom is -0.382 e. The summed E-state index contributed by atoms with van der Waals surface area (Å²) in [6, 6.07) is 8.30. The van der Waals surface area contributed by atoms with Gasteiger partial charge in [-0.15, -0.1) is 24.0 Å². The molecule has 22 heavy (non-hydrogen) atoms. The quantitative estimate of drug-likeness (QED) is 0.278. The van der Waals surface area contributed by atoms with Gasteiger partial charge >= 0.3 is 0 Å². The van der Waals surface area contributed by atoms with E-state index in [0.717, 1.165) is 19.0 Å². The number of rotatable bonds is 9. The predicted molar refractivity (Wildman–Crippen MR) is 102 cm³/mol. The van der Waals surface area contributed by atoms with Crippen molar-refractivity contribution in [1.82, 2.24) is 10.6 Å². The molecule has 0 amide bonds. The number of hydrogen-bond donors (Lipinski definition) is 2. The summed E-state index contributed by atoms with van der Waals surface area (Å²) in [6.07, 6.45) is 0. The summed E-state index contributed by atoms with van der Waals surface area (Å²) in [4.78, 5) is 4.59. The molecule has 0 saturated heterocycles. The first-order valence-corrected chi connectivity index (χ1v) is 7.41. The van der Waals surface area contributed by atoms with Crippen LogP contribution in [0, 0.1) is 6.92 Å². The monoisotopic (exact) mass is 421 g/mol. The molecule has 2 N–H and O–H groups in total. The standard InChI is InChI=1S/C16H27N3O2.HI/c1-4-17-16(18-9-10-21-12-11-20-3)19-13-15-8-6-5-7-14(15)2;/h5-8H,4,9-13H2,1-3H3,(H2,17,18,19);1H. The van der Waals surface area contributed by atoms with Crippen LogP contribution in [0.15, 0.2) is 29.3 Å². The van der Waals surface area contributed by atoms with Crippen LogP contribution in [0.2, 0.25) is 0 Å². The van der Waals surface area contributed by atoms with E-state index in [-0.39, 0.29) is 24.0 Å². The SMILES string of the molecule is CCNC(=NCc1ccccc1C)NCCOCCOC.I. The summed E-state index contributed by atoms with van der Waals surface area (Å²) in [6.45, 7) is 8.28. The largest absolute Gasteiger partial charge is 0.382 e. The lowest BCUT2D eigenvalue weighted by atomic mass is 10.1. The number of hydrogen-bond acceptors (Lipinski definition) is 3. The molecule has 0 heterocycles. The first kappa shape index (κ1) is 21.1. The lowest BCUT2D eigenvalue weighted by Crippen LogP contribution is -2.39. The summed E-state index contributed by atoms with van der Waals surface area (Å²) >= 11 is 0. The predicted octanol–water partition coefficient (Wildman–Crippen LogP) is 2.33. The van der Waals surface area contributed by atoms with Crippen molar-refractivity contribution >= 4 is 29.9 Å². The zero-order chi connectivity index (χ0) is 15.3. The van der Waals surface area contributed by atoms with Crippen LogP contribution in [-0.2, 0) is 16.0 Å². The van der Waals surface area contributed by atoms with Crippen LogP contribution in [0.5, 0.6) is 0 Å². The summed E-state index contributed by atoms with van der Waals surface area (Å²) in [5.74, 6) is 0.816. The van der Waals surface area contributed by atoms with Gasteiger partial charge in [0, 0.05) is 20.2 Å². The summed E-state index contributed by atoms with van der Waals surface area (Å²) in [7, 11) is 1.67. The molecule has 0 unspecified atom stereocenters. The van der Waals surface area contributed by atoms with Crippen molar-refractivity contribution in [2.24, 2.45) is 4.99 Å². The molecule has 0 saturated carbocycles. The summed E-state index contributed by atoms with van der Waals surface area (Å²) < 4.78 is 10.3. The Kier molecular flexibility index (Phi) is 13.2. The molecule has 0 spiro atoms. The van der Waals surface area contributed by atoms with Crippen LogP contribution in [0.1, 0.15) is 18.1 Å². The third-order valence-electron chi connectivity index (χ3n) is 2.98. The van der Waals surface area contributed by atoms with Gasteiger partial charge in [0.1, 0.15) is 0 Å². The van der Waals surface area contributed by atoms with Crippen molar-refractivity contribution in [2.45, 2.75) is 20.4 Å². The first-order valence-electron chi connectivity index (χ1n) is 7.41. The molecule has 5 nitrogen and oxygen atoms in total. The molecular weight excluding hydrogens is 393 g/mol. The Labute approximate surface area is 150 Å². The fourth-order valence-corrected chi connectivity index (χ4v) is 1.78. The molecule has 1 rings (SSSR count). The summed E-state index contributed by atoms with van der Waals surface area (Å²) in [5.41, 5.74) is 2.51. The van der Waals surface area contributed by atoms with Crippen molar-refractivity contribution < 1.29 is 9.47 Å². The molecule has 1 aromatic rings. The number of benzene rings is 1. The van der Waals surface area contributed by atoms with Gasteiger partial charge in [-0.3, -0.25) is 0 Å². The van der Waals surface area contributed by atoms with Gasteiger partial charge in [-0.1, -0.05) is 24.3 Å². The smallest absolute Gasteiger partial charge is 0.191 e. The molecule has 126 valence electrons. The van der Waals surface area contributed by atoms with Crippen LogP contribution in [0.25, 0.3) is 0 Å². The van der Waals surface area contributed by atoms with E-state index >= 15 is 0 Å². The van der Waals surface area contributed by atoms with Crippen molar-refractivity contribution in [3.05, 3.63) is 35.4 Å². The second-order valence-electron chi connectivity index (χ2n) is 4.65. The van der Waals surface area contributed by atoms with Crippen molar-refractivity contribution in [3.63, 3.8) is 0 Å². The van der Waals surface area contributed by atoms with E-state index < -0.39 is 0 Å². The van der Waals surface area contributed by atoms with E-state index in [1.807, 2.05) is 12.1 Å². The molecule has 0 aliphatic rings. The number of nitrogens with one attached hydrogen (secondary N) is 2. The lowest BCUT2D eigenvalue weighted by molar-refractivity contribution is 0.0733. The van der Waals surface area contributed by atoms with E-state index in [1.54, 1.807) is 7.11 Å². The highest BCUT2D eigenvalue weighted by molar-refractivity contribution is 14.0. The number of ether oxygens (including phenoxy) is 2. The van der Waals surface area contributed by atoms with Gasteiger partial charge in [-0.05, 0) is 25.0 Å². The molecule has 6 heteroatoms. The van der Waals surface area contributed by atoms with E-state index in [1.165, 1.54) is 11.1 Å². The Hall–Kier alpha value is -0.860. The minimum atomic E-state index is 0. The fourth-order valence-electron chi connectivity index (χ4n) is 1.78. The second kappa shape index (κ2) is 13.8. The van der Waals surface area contributed by atoms with E-state index in [0.29, 0.717) is 26.4 Å². The highest BCUT2D eigenvalue weighted by atomic mass is 127. The molecule has 0 aliphatic heterocycles. The Morgan fingerprint density at radius 3 is 2.59 bits per heavy atom. The molecule has 0 atom stereocenters. The van der Waals surface area contributed by atoms with Gasteiger partial charge in [-0.25, -0.2) is 4.99 Å². The molecular formula is C16H28IN3O2. The second-order valence-corrected chi connectivity index (χ2v) is 4.65. The highest BCUT2D eigenvalue weighted by Gasteiger charge is 1.99. The molecule has 0 bridgehead atoms. The molecule has 0 radical (unpaired) electrons. The molecule has 1 aromatic carbocycles. The van der Waals surface area contributed by atoms with Crippen LogP contribution in [-0.4, -0.2) is 46.0 Å². The Morgan fingerprint density at radius 2 is 1.91 bits per heavy atom. The van der Waals surface area contributed by atoms with Gasteiger partial charge < -0.3 is 20.1 Å². The number of halogens is 1. The van der Waals surface area contributed by atoms with Gasteiger partial charge in [0.05, 0.1) is 26.4 Å². The topological polar surface area (TPSA) is 54.9 Å². The van der Waals surface area contributed by atoms with Gasteiger partial charge in [-0.2, -0.15) is 0 Å². The number of methoxy groups -OCH3 is 1. The summed E-state index contributed by atoms with van der Waals surface area (Å²) in [5, 5.41) is 6.49. The average Bonchev–Trinajstić information content (AvgIpc) is 2.49. The maximum Gasteiger partial charge on any atom is 0.191 e. The first-order chi connectivity index (χ1) is 10.3. The Morgan fingerprint density at radius 1 is 1.14 bits per heavy atom. The third-order valence-corrected chi connectivity index (χ3v) is 2.98. The van der Waals surface area contributed by atoms with E-state index in [9.17, 15) is 0 Å². The molecule has 0 fully saturated rings. The molecule has 0 aromatic heterocycles. The van der Waals surface area contributed by atoms with Crippen LogP contribution >= 0.6 is 24.0 Å². The maximum atomic E-state index is 5.41. The Balaban J connectivity index is 0.00000441. The third kappa shape index (κ3) is 9.22. The highest BCUT2D eigenvalue weighted by Crippen LogP contribution is 2.07. The van der Waals surface area contributed by atoms with Gasteiger partial charge in [0.2, 0.25) is 0 Å². The normalized spacial score (nSPS) is 11.0. The van der Waals surface area contributed by atoms with E-state index in [2.05, 4.69) is 41.6 Å². The maximum absolute atomic E-state index is 5.41. The van der Waals surface area contributed by atoms with Gasteiger partial charge in [0.15, 0.2) is 5.96 Å². The van der Waals surface area contributed by atoms with Crippen molar-refractivity contribution in [3.8, 4) is 0 Å². The number of aryl methyl sites for hydroxylation is 1. The van der Waals surface area contributed by atoms with Crippen LogP contribution in [0.3, 0.4) is 0 Å². The number of aliphatic imine (C=N–C) groups is 1. The average molecular weight is 421 g/mol. The van der Waals surface area contributed by atoms with E-state index in [4.69, 9.17) is 9.47 Å². The number of guanidine groups is 1.